The van der Waals surface area contributed by atoms with Gasteiger partial charge in [-0.25, -0.2) is 4.39 Å². The van der Waals surface area contributed by atoms with Gasteiger partial charge in [0.1, 0.15) is 11.7 Å². The van der Waals surface area contributed by atoms with Crippen LogP contribution in [0.2, 0.25) is 5.02 Å². The van der Waals surface area contributed by atoms with Crippen LogP contribution in [0.4, 0.5) is 4.39 Å². The van der Waals surface area contributed by atoms with Gasteiger partial charge in [-0.3, -0.25) is 4.99 Å². The summed E-state index contributed by atoms with van der Waals surface area (Å²) in [6, 6.07) is 4.43. The largest absolute Gasteiger partial charge is 0.372 e. The molecule has 0 amide bonds. The molecule has 1 N–H and O–H groups in total. The summed E-state index contributed by atoms with van der Waals surface area (Å²) >= 11 is 5.89. The number of nitrogens with zero attached hydrogens (tertiary/aromatic N) is 1. The van der Waals surface area contributed by atoms with Crippen molar-refractivity contribution in [3.8, 4) is 0 Å². The van der Waals surface area contributed by atoms with Crippen LogP contribution in [0, 0.1) is 5.82 Å². The predicted molar refractivity (Wildman–Crippen MR) is 55.4 cm³/mol. The highest BCUT2D eigenvalue weighted by atomic mass is 35.5. The summed E-state index contributed by atoms with van der Waals surface area (Å²) < 4.78 is 12.7. The number of nitrogens with one attached hydrogen (secondary N) is 1. The molecule has 0 saturated heterocycles. The normalized spacial score (nSPS) is 15.1. The fourth-order valence-electron chi connectivity index (χ4n) is 1.41. The first kappa shape index (κ1) is 9.46. The Bertz CT molecular complexity index is 376. The van der Waals surface area contributed by atoms with Crippen LogP contribution < -0.4 is 5.32 Å². The number of hydrogen-bond donors (Lipinski definition) is 1. The first-order valence-electron chi connectivity index (χ1n) is 4.47. The maximum Gasteiger partial charge on any atom is 0.124 e. The number of rotatable bonds is 2. The molecular weight excluding hydrogens is 203 g/mol. The third kappa shape index (κ3) is 2.04. The zero-order chi connectivity index (χ0) is 9.97. The first-order valence-corrected chi connectivity index (χ1v) is 4.84. The van der Waals surface area contributed by atoms with Crippen LogP contribution in [0.25, 0.3) is 0 Å². The molecule has 1 aromatic rings. The smallest absolute Gasteiger partial charge is 0.124 e. The van der Waals surface area contributed by atoms with E-state index in [0.29, 0.717) is 11.4 Å². The van der Waals surface area contributed by atoms with Crippen molar-refractivity contribution in [3.63, 3.8) is 0 Å². The molecule has 14 heavy (non-hydrogen) atoms. The van der Waals surface area contributed by atoms with Gasteiger partial charge in [0, 0.05) is 18.0 Å². The summed E-state index contributed by atoms with van der Waals surface area (Å²) in [5.74, 6) is 0.624. The SMILES string of the molecule is Fc1ccc(CC2=NCCN2)c(Cl)c1. The lowest BCUT2D eigenvalue weighted by Crippen LogP contribution is -2.20. The van der Waals surface area contributed by atoms with Gasteiger partial charge in [-0.15, -0.1) is 0 Å². The predicted octanol–water partition coefficient (Wildman–Crippen LogP) is 2.02. The maximum atomic E-state index is 12.7. The van der Waals surface area contributed by atoms with E-state index in [1.165, 1.54) is 12.1 Å². The van der Waals surface area contributed by atoms with Gasteiger partial charge in [0.05, 0.1) is 6.54 Å². The van der Waals surface area contributed by atoms with E-state index in [1.54, 1.807) is 6.07 Å². The molecule has 2 nitrogen and oxygen atoms in total. The molecule has 1 aromatic carbocycles. The molecule has 0 aromatic heterocycles. The zero-order valence-corrected chi connectivity index (χ0v) is 8.31. The monoisotopic (exact) mass is 212 g/mol. The van der Waals surface area contributed by atoms with E-state index in [-0.39, 0.29) is 5.82 Å². The van der Waals surface area contributed by atoms with E-state index in [1.807, 2.05) is 0 Å². The third-order valence-electron chi connectivity index (χ3n) is 2.12. The average molecular weight is 213 g/mol. The number of aliphatic imine (C=N–C) groups is 1. The fraction of sp³-hybridized carbons (Fsp3) is 0.300. The molecule has 0 radical (unpaired) electrons. The lowest BCUT2D eigenvalue weighted by Gasteiger charge is -2.04. The van der Waals surface area contributed by atoms with Crippen LogP contribution >= 0.6 is 11.6 Å². The summed E-state index contributed by atoms with van der Waals surface area (Å²) in [6.07, 6.45) is 0.652. The Morgan fingerprint density at radius 3 is 3.00 bits per heavy atom. The zero-order valence-electron chi connectivity index (χ0n) is 7.56. The topological polar surface area (TPSA) is 24.4 Å². The minimum absolute atomic E-state index is 0.305. The van der Waals surface area contributed by atoms with E-state index < -0.39 is 0 Å². The lowest BCUT2D eigenvalue weighted by atomic mass is 10.1. The molecule has 0 spiro atoms. The molecule has 2 rings (SSSR count). The summed E-state index contributed by atoms with van der Waals surface area (Å²) in [4.78, 5) is 4.25. The highest BCUT2D eigenvalue weighted by molar-refractivity contribution is 6.31. The molecule has 0 atom stereocenters. The fourth-order valence-corrected chi connectivity index (χ4v) is 1.64. The van der Waals surface area contributed by atoms with E-state index in [9.17, 15) is 4.39 Å². The molecular formula is C10H10ClFN2. The Labute approximate surface area is 86.8 Å². The van der Waals surface area contributed by atoms with E-state index in [0.717, 1.165) is 24.5 Å². The van der Waals surface area contributed by atoms with Gasteiger partial charge in [0.2, 0.25) is 0 Å². The van der Waals surface area contributed by atoms with Gasteiger partial charge >= 0.3 is 0 Å². The number of halogens is 2. The summed E-state index contributed by atoms with van der Waals surface area (Å²) in [6.45, 7) is 1.70. The summed E-state index contributed by atoms with van der Waals surface area (Å²) in [7, 11) is 0. The van der Waals surface area contributed by atoms with Crippen LogP contribution in [0.3, 0.4) is 0 Å². The molecule has 0 saturated carbocycles. The second-order valence-electron chi connectivity index (χ2n) is 3.17. The minimum Gasteiger partial charge on any atom is -0.372 e. The van der Waals surface area contributed by atoms with Crippen LogP contribution in [0.5, 0.6) is 0 Å². The average Bonchev–Trinajstić information content (AvgIpc) is 2.62. The number of hydrogen-bond acceptors (Lipinski definition) is 2. The quantitative estimate of drug-likeness (QED) is 0.797. The maximum absolute atomic E-state index is 12.7. The minimum atomic E-state index is -0.305. The van der Waals surface area contributed by atoms with E-state index in [2.05, 4.69) is 10.3 Å². The summed E-state index contributed by atoms with van der Waals surface area (Å²) in [5, 5.41) is 3.60. The molecule has 0 unspecified atom stereocenters. The molecule has 1 aliphatic rings. The molecule has 0 aliphatic carbocycles. The molecule has 4 heteroatoms. The van der Waals surface area contributed by atoms with Gasteiger partial charge in [-0.2, -0.15) is 0 Å². The van der Waals surface area contributed by atoms with Crippen LogP contribution in [0.15, 0.2) is 23.2 Å². The Morgan fingerprint density at radius 2 is 2.36 bits per heavy atom. The molecule has 0 fully saturated rings. The van der Waals surface area contributed by atoms with Gasteiger partial charge in [0.25, 0.3) is 0 Å². The van der Waals surface area contributed by atoms with Gasteiger partial charge in [-0.05, 0) is 17.7 Å². The van der Waals surface area contributed by atoms with Crippen molar-refractivity contribution >= 4 is 17.4 Å². The Balaban J connectivity index is 2.16. The van der Waals surface area contributed by atoms with Crippen LogP contribution in [-0.4, -0.2) is 18.9 Å². The van der Waals surface area contributed by atoms with Crippen molar-refractivity contribution in [1.29, 1.82) is 0 Å². The van der Waals surface area contributed by atoms with E-state index >= 15 is 0 Å². The molecule has 1 heterocycles. The van der Waals surface area contributed by atoms with Crippen molar-refractivity contribution < 1.29 is 4.39 Å². The van der Waals surface area contributed by atoms with Gasteiger partial charge < -0.3 is 5.32 Å². The van der Waals surface area contributed by atoms with E-state index in [4.69, 9.17) is 11.6 Å². The van der Waals surface area contributed by atoms with Gasteiger partial charge in [-0.1, -0.05) is 17.7 Å². The highest BCUT2D eigenvalue weighted by Crippen LogP contribution is 2.18. The molecule has 0 bridgehead atoms. The standard InChI is InChI=1S/C10H10ClFN2/c11-9-6-8(12)2-1-7(9)5-10-13-3-4-14-10/h1-2,6H,3-5H2,(H,13,14). The second kappa shape index (κ2) is 3.96. The third-order valence-corrected chi connectivity index (χ3v) is 2.47. The second-order valence-corrected chi connectivity index (χ2v) is 3.57. The Morgan fingerprint density at radius 1 is 1.50 bits per heavy atom. The molecule has 1 aliphatic heterocycles. The van der Waals surface area contributed by atoms with Crippen LogP contribution in [-0.2, 0) is 6.42 Å². The van der Waals surface area contributed by atoms with Crippen molar-refractivity contribution in [2.45, 2.75) is 6.42 Å². The van der Waals surface area contributed by atoms with Crippen molar-refractivity contribution in [2.24, 2.45) is 4.99 Å². The number of benzene rings is 1. The Kier molecular flexibility index (Phi) is 2.68. The van der Waals surface area contributed by atoms with Crippen molar-refractivity contribution in [1.82, 2.24) is 5.32 Å². The van der Waals surface area contributed by atoms with Crippen LogP contribution in [0.1, 0.15) is 5.56 Å². The van der Waals surface area contributed by atoms with Crippen molar-refractivity contribution in [3.05, 3.63) is 34.6 Å². The van der Waals surface area contributed by atoms with Crippen molar-refractivity contribution in [2.75, 3.05) is 13.1 Å². The lowest BCUT2D eigenvalue weighted by molar-refractivity contribution is 0.627. The molecule has 74 valence electrons. The first-order chi connectivity index (χ1) is 6.75. The van der Waals surface area contributed by atoms with Gasteiger partial charge in [0.15, 0.2) is 0 Å². The Hall–Kier alpha value is -1.09. The highest BCUT2D eigenvalue weighted by Gasteiger charge is 2.08. The summed E-state index contributed by atoms with van der Waals surface area (Å²) in [5.41, 5.74) is 0.904. The number of amidine groups is 1.